The molecule has 2 nitrogen and oxygen atoms in total. The number of rotatable bonds is 1. The summed E-state index contributed by atoms with van der Waals surface area (Å²) in [4.78, 5) is 0. The van der Waals surface area contributed by atoms with Crippen molar-refractivity contribution in [1.82, 2.24) is 0 Å². The monoisotopic (exact) mass is 338 g/mol. The first-order valence-electron chi connectivity index (χ1n) is 8.50. The molecule has 0 heterocycles. The molecule has 1 aromatic carbocycles. The summed E-state index contributed by atoms with van der Waals surface area (Å²) in [5, 5.41) is 10.2. The Morgan fingerprint density at radius 1 is 1.21 bits per heavy atom. The normalized spacial score (nSPS) is 34.9. The molecule has 4 rings (SSSR count). The van der Waals surface area contributed by atoms with E-state index in [0.29, 0.717) is 18.4 Å². The number of aryl methyl sites for hydroxylation is 1. The molecule has 1 aromatic rings. The fraction of sp³-hybridized carbons (Fsp3) is 0.579. The molecule has 0 aliphatic heterocycles. The topological polar surface area (TPSA) is 29.5 Å². The van der Waals surface area contributed by atoms with Crippen LogP contribution in [0.4, 0.5) is 13.2 Å². The zero-order valence-corrected chi connectivity index (χ0v) is 13.6. The van der Waals surface area contributed by atoms with Crippen molar-refractivity contribution in [3.8, 4) is 5.75 Å². The Morgan fingerprint density at radius 3 is 2.71 bits per heavy atom. The van der Waals surface area contributed by atoms with Crippen LogP contribution < -0.4 is 4.74 Å². The Morgan fingerprint density at radius 2 is 2.00 bits per heavy atom. The van der Waals surface area contributed by atoms with E-state index in [9.17, 15) is 18.3 Å². The van der Waals surface area contributed by atoms with Crippen molar-refractivity contribution in [3.05, 3.63) is 41.0 Å². The quantitative estimate of drug-likeness (QED) is 0.770. The molecule has 0 spiro atoms. The number of fused-ring (bicyclic) bond motifs is 5. The van der Waals surface area contributed by atoms with Crippen molar-refractivity contribution < 1.29 is 23.0 Å². The predicted molar refractivity (Wildman–Crippen MR) is 84.0 cm³/mol. The minimum Gasteiger partial charge on any atom is -0.497 e. The molecule has 1 fully saturated rings. The summed E-state index contributed by atoms with van der Waals surface area (Å²) in [6.07, 6.45) is -2.01. The Balaban J connectivity index is 1.74. The number of hydrogen-bond acceptors (Lipinski definition) is 2. The molecule has 0 aromatic heterocycles. The van der Waals surface area contributed by atoms with Gasteiger partial charge in [0, 0.05) is 0 Å². The number of methoxy groups -OCH3 is 1. The van der Waals surface area contributed by atoms with Crippen LogP contribution in [0.5, 0.6) is 5.75 Å². The lowest BCUT2D eigenvalue weighted by Crippen LogP contribution is -2.51. The lowest BCUT2D eigenvalue weighted by Gasteiger charge is -2.49. The van der Waals surface area contributed by atoms with Gasteiger partial charge in [-0.15, -0.1) is 0 Å². The molecule has 1 N–H and O–H groups in total. The van der Waals surface area contributed by atoms with E-state index in [-0.39, 0.29) is 24.7 Å². The minimum absolute atomic E-state index is 0.0177. The summed E-state index contributed by atoms with van der Waals surface area (Å²) in [7, 11) is 1.62. The summed E-state index contributed by atoms with van der Waals surface area (Å²) in [5.74, 6) is 0.799. The van der Waals surface area contributed by atoms with E-state index in [2.05, 4.69) is 0 Å². The van der Waals surface area contributed by atoms with Gasteiger partial charge in [0.2, 0.25) is 0 Å². The van der Waals surface area contributed by atoms with Gasteiger partial charge in [-0.05, 0) is 67.2 Å². The highest BCUT2D eigenvalue weighted by atomic mass is 19.4. The van der Waals surface area contributed by atoms with Gasteiger partial charge in [0.15, 0.2) is 0 Å². The Bertz CT molecular complexity index is 694. The van der Waals surface area contributed by atoms with Gasteiger partial charge in [-0.2, -0.15) is 13.2 Å². The lowest BCUT2D eigenvalue weighted by molar-refractivity contribution is -0.245. The predicted octanol–water partition coefficient (Wildman–Crippen LogP) is 4.37. The van der Waals surface area contributed by atoms with Gasteiger partial charge >= 0.3 is 6.18 Å². The molecule has 5 heteroatoms. The summed E-state index contributed by atoms with van der Waals surface area (Å²) in [6, 6.07) is 5.91. The van der Waals surface area contributed by atoms with Crippen LogP contribution in [0.1, 0.15) is 42.7 Å². The smallest absolute Gasteiger partial charge is 0.400 e. The second-order valence-electron chi connectivity index (χ2n) is 7.24. The Labute approximate surface area is 139 Å². The molecular formula is C19H21F3O2. The highest BCUT2D eigenvalue weighted by Gasteiger charge is 2.66. The lowest BCUT2D eigenvalue weighted by atomic mass is 9.57. The van der Waals surface area contributed by atoms with Gasteiger partial charge in [0.1, 0.15) is 11.2 Å². The van der Waals surface area contributed by atoms with Gasteiger partial charge in [0.05, 0.1) is 13.2 Å². The zero-order valence-electron chi connectivity index (χ0n) is 13.6. The molecule has 0 bridgehead atoms. The molecule has 4 atom stereocenters. The van der Waals surface area contributed by atoms with Crippen LogP contribution in [-0.4, -0.2) is 24.5 Å². The number of ether oxygens (including phenoxy) is 1. The molecule has 0 radical (unpaired) electrons. The van der Waals surface area contributed by atoms with Gasteiger partial charge in [-0.1, -0.05) is 17.7 Å². The standard InChI is InChI=1S/C19H21F3O2/c1-24-12-3-5-13-11(10-12)2-4-15-14(13)8-9-18(19(20,21)22)16(15)6-7-17(18)23/h3,5-6,10,14-15,17,23H,2,4,7-9H2,1H3/t14-,15-,17+,18-/m1/s1. The number of benzene rings is 1. The van der Waals surface area contributed by atoms with Crippen LogP contribution in [0.2, 0.25) is 0 Å². The molecule has 130 valence electrons. The number of aliphatic hydroxyl groups excluding tert-OH is 1. The third-order valence-electron chi connectivity index (χ3n) is 6.36. The third-order valence-corrected chi connectivity index (χ3v) is 6.36. The van der Waals surface area contributed by atoms with Crippen molar-refractivity contribution in [2.24, 2.45) is 11.3 Å². The van der Waals surface area contributed by atoms with Crippen molar-refractivity contribution in [1.29, 1.82) is 0 Å². The van der Waals surface area contributed by atoms with Gasteiger partial charge < -0.3 is 9.84 Å². The number of aliphatic hydroxyl groups is 1. The largest absolute Gasteiger partial charge is 0.497 e. The fourth-order valence-electron chi connectivity index (χ4n) is 5.23. The van der Waals surface area contributed by atoms with Crippen LogP contribution in [0, 0.1) is 11.3 Å². The SMILES string of the molecule is COc1ccc2c(c1)CC[C@H]1C3=CC[C@H](O)[C@@]3(C(F)(F)F)CC[C@H]21. The van der Waals surface area contributed by atoms with Crippen LogP contribution in [0.15, 0.2) is 29.8 Å². The maximum Gasteiger partial charge on any atom is 0.400 e. The minimum atomic E-state index is -4.39. The first kappa shape index (κ1) is 16.0. The average molecular weight is 338 g/mol. The van der Waals surface area contributed by atoms with E-state index >= 15 is 0 Å². The molecule has 0 unspecified atom stereocenters. The highest BCUT2D eigenvalue weighted by molar-refractivity contribution is 5.44. The van der Waals surface area contributed by atoms with Crippen molar-refractivity contribution in [2.45, 2.75) is 50.3 Å². The molecule has 3 aliphatic rings. The van der Waals surface area contributed by atoms with Crippen molar-refractivity contribution in [2.75, 3.05) is 7.11 Å². The second kappa shape index (κ2) is 5.25. The summed E-state index contributed by atoms with van der Waals surface area (Å²) < 4.78 is 46.9. The van der Waals surface area contributed by atoms with E-state index < -0.39 is 17.7 Å². The molecule has 1 saturated carbocycles. The van der Waals surface area contributed by atoms with Crippen LogP contribution in [-0.2, 0) is 6.42 Å². The molecular weight excluding hydrogens is 317 g/mol. The van der Waals surface area contributed by atoms with Crippen LogP contribution in [0.25, 0.3) is 0 Å². The average Bonchev–Trinajstić information content (AvgIpc) is 2.92. The number of hydrogen-bond donors (Lipinski definition) is 1. The highest BCUT2D eigenvalue weighted by Crippen LogP contribution is 2.64. The van der Waals surface area contributed by atoms with Crippen molar-refractivity contribution >= 4 is 0 Å². The van der Waals surface area contributed by atoms with E-state index in [1.54, 1.807) is 13.2 Å². The van der Waals surface area contributed by atoms with E-state index in [4.69, 9.17) is 4.74 Å². The summed E-state index contributed by atoms with van der Waals surface area (Å²) in [6.45, 7) is 0. The first-order valence-corrected chi connectivity index (χ1v) is 8.50. The van der Waals surface area contributed by atoms with Gasteiger partial charge in [0.25, 0.3) is 0 Å². The summed E-state index contributed by atoms with van der Waals surface area (Å²) in [5.41, 5.74) is 0.776. The number of alkyl halides is 3. The van der Waals surface area contributed by atoms with E-state index in [0.717, 1.165) is 17.7 Å². The van der Waals surface area contributed by atoms with E-state index in [1.165, 1.54) is 5.56 Å². The molecule has 3 aliphatic carbocycles. The molecule has 0 amide bonds. The van der Waals surface area contributed by atoms with Gasteiger partial charge in [-0.3, -0.25) is 0 Å². The Kier molecular flexibility index (Phi) is 3.50. The van der Waals surface area contributed by atoms with Gasteiger partial charge in [-0.25, -0.2) is 0 Å². The molecule has 0 saturated heterocycles. The maximum absolute atomic E-state index is 13.9. The second-order valence-corrected chi connectivity index (χ2v) is 7.24. The van der Waals surface area contributed by atoms with Crippen LogP contribution in [0.3, 0.4) is 0 Å². The Hall–Kier alpha value is -1.49. The maximum atomic E-state index is 13.9. The van der Waals surface area contributed by atoms with E-state index in [1.807, 2.05) is 18.2 Å². The first-order chi connectivity index (χ1) is 11.4. The van der Waals surface area contributed by atoms with Crippen molar-refractivity contribution in [3.63, 3.8) is 0 Å². The number of halogens is 3. The molecule has 24 heavy (non-hydrogen) atoms. The third kappa shape index (κ3) is 2.00. The fourth-order valence-corrected chi connectivity index (χ4v) is 5.23. The summed E-state index contributed by atoms with van der Waals surface area (Å²) >= 11 is 0. The van der Waals surface area contributed by atoms with Crippen LogP contribution >= 0.6 is 0 Å². The zero-order chi connectivity index (χ0) is 17.1.